The smallest absolute Gasteiger partial charge is 0.272 e. The van der Waals surface area contributed by atoms with Crippen molar-refractivity contribution in [3.8, 4) is 22.7 Å². The number of rotatable bonds is 5. The van der Waals surface area contributed by atoms with E-state index in [-0.39, 0.29) is 11.7 Å². The number of benzene rings is 3. The third-order valence-corrected chi connectivity index (χ3v) is 6.32. The maximum absolute atomic E-state index is 13.7. The van der Waals surface area contributed by atoms with Crippen LogP contribution in [0.25, 0.3) is 16.9 Å². The number of carbonyl (C=O) groups is 1. The Kier molecular flexibility index (Phi) is 6.23. The fourth-order valence-corrected chi connectivity index (χ4v) is 4.37. The summed E-state index contributed by atoms with van der Waals surface area (Å²) in [5.74, 6) is 0.448. The third-order valence-electron chi connectivity index (χ3n) is 6.32. The summed E-state index contributed by atoms with van der Waals surface area (Å²) >= 11 is 0. The van der Waals surface area contributed by atoms with Crippen molar-refractivity contribution in [2.45, 2.75) is 6.92 Å². The molecule has 0 unspecified atom stereocenters. The lowest BCUT2D eigenvalue weighted by Gasteiger charge is -2.36. The standard InChI is InChI=1S/C28H27FN4O2/c1-20-4-3-5-24(18-20)33-27(19-26(30-33)21-6-8-22(29)9-7-21)28(34)32-16-14-31(15-17-32)23-10-12-25(35-2)13-11-23/h3-13,18-19H,14-17H2,1-2H3. The Morgan fingerprint density at radius 2 is 1.60 bits per heavy atom. The molecule has 6 nitrogen and oxygen atoms in total. The van der Waals surface area contributed by atoms with Gasteiger partial charge >= 0.3 is 0 Å². The van der Waals surface area contributed by atoms with E-state index in [2.05, 4.69) is 4.90 Å². The van der Waals surface area contributed by atoms with E-state index in [1.807, 2.05) is 60.4 Å². The summed E-state index contributed by atoms with van der Waals surface area (Å²) in [7, 11) is 1.66. The Balaban J connectivity index is 1.41. The zero-order valence-corrected chi connectivity index (χ0v) is 19.8. The van der Waals surface area contributed by atoms with Crippen LogP contribution >= 0.6 is 0 Å². The van der Waals surface area contributed by atoms with Gasteiger partial charge in [0.2, 0.25) is 0 Å². The Morgan fingerprint density at radius 3 is 2.26 bits per heavy atom. The van der Waals surface area contributed by atoms with Gasteiger partial charge in [-0.25, -0.2) is 9.07 Å². The molecule has 0 saturated carbocycles. The molecule has 1 aromatic heterocycles. The van der Waals surface area contributed by atoms with Crippen LogP contribution in [0.4, 0.5) is 10.1 Å². The first-order chi connectivity index (χ1) is 17.0. The van der Waals surface area contributed by atoms with Crippen molar-refractivity contribution in [2.75, 3.05) is 38.2 Å². The highest BCUT2D eigenvalue weighted by Gasteiger charge is 2.26. The second kappa shape index (κ2) is 9.62. The Hall–Kier alpha value is -4.13. The molecule has 0 bridgehead atoms. The van der Waals surface area contributed by atoms with E-state index in [4.69, 9.17) is 9.84 Å². The number of amides is 1. The molecule has 1 aliphatic heterocycles. The number of carbonyl (C=O) groups excluding carboxylic acids is 1. The van der Waals surface area contributed by atoms with Crippen LogP contribution in [-0.2, 0) is 0 Å². The summed E-state index contributed by atoms with van der Waals surface area (Å²) in [4.78, 5) is 17.8. The summed E-state index contributed by atoms with van der Waals surface area (Å²) in [6.07, 6.45) is 0. The van der Waals surface area contributed by atoms with E-state index in [0.29, 0.717) is 24.5 Å². The lowest BCUT2D eigenvalue weighted by molar-refractivity contribution is 0.0737. The molecule has 0 atom stereocenters. The number of aryl methyl sites for hydroxylation is 1. The van der Waals surface area contributed by atoms with E-state index in [1.165, 1.54) is 12.1 Å². The van der Waals surface area contributed by atoms with Gasteiger partial charge in [0.25, 0.3) is 5.91 Å². The van der Waals surface area contributed by atoms with Crippen molar-refractivity contribution in [3.63, 3.8) is 0 Å². The molecule has 7 heteroatoms. The normalized spacial score (nSPS) is 13.7. The molecular weight excluding hydrogens is 443 g/mol. The summed E-state index contributed by atoms with van der Waals surface area (Å²) in [6, 6.07) is 23.8. The van der Waals surface area contributed by atoms with Crippen LogP contribution < -0.4 is 9.64 Å². The molecule has 2 heterocycles. The highest BCUT2D eigenvalue weighted by atomic mass is 19.1. The van der Waals surface area contributed by atoms with Gasteiger partial charge in [0, 0.05) is 37.4 Å². The van der Waals surface area contributed by atoms with Crippen LogP contribution in [-0.4, -0.2) is 53.9 Å². The largest absolute Gasteiger partial charge is 0.497 e. The number of nitrogens with zero attached hydrogens (tertiary/aromatic N) is 4. The van der Waals surface area contributed by atoms with E-state index in [9.17, 15) is 9.18 Å². The number of hydrogen-bond acceptors (Lipinski definition) is 4. The third kappa shape index (κ3) is 4.75. The minimum absolute atomic E-state index is 0.0678. The number of ether oxygens (including phenoxy) is 1. The minimum Gasteiger partial charge on any atom is -0.497 e. The maximum Gasteiger partial charge on any atom is 0.272 e. The van der Waals surface area contributed by atoms with Crippen molar-refractivity contribution in [2.24, 2.45) is 0 Å². The highest BCUT2D eigenvalue weighted by Crippen LogP contribution is 2.25. The first-order valence-electron chi connectivity index (χ1n) is 11.6. The lowest BCUT2D eigenvalue weighted by atomic mass is 10.1. The quantitative estimate of drug-likeness (QED) is 0.414. The van der Waals surface area contributed by atoms with Crippen LogP contribution in [0.2, 0.25) is 0 Å². The SMILES string of the molecule is COc1ccc(N2CCN(C(=O)c3cc(-c4ccc(F)cc4)nn3-c3cccc(C)c3)CC2)cc1. The topological polar surface area (TPSA) is 50.6 Å². The molecule has 1 saturated heterocycles. The molecule has 0 spiro atoms. The van der Waals surface area contributed by atoms with Crippen LogP contribution in [0, 0.1) is 12.7 Å². The predicted molar refractivity (Wildman–Crippen MR) is 135 cm³/mol. The van der Waals surface area contributed by atoms with E-state index < -0.39 is 0 Å². The zero-order valence-electron chi connectivity index (χ0n) is 19.8. The summed E-state index contributed by atoms with van der Waals surface area (Å²) < 4.78 is 20.4. The molecule has 4 aromatic rings. The summed E-state index contributed by atoms with van der Waals surface area (Å²) in [5, 5.41) is 4.74. The van der Waals surface area contributed by atoms with Gasteiger partial charge in [-0.15, -0.1) is 0 Å². The van der Waals surface area contributed by atoms with Gasteiger partial charge < -0.3 is 14.5 Å². The molecule has 1 amide bonds. The number of aromatic nitrogens is 2. The van der Waals surface area contributed by atoms with Gasteiger partial charge in [-0.2, -0.15) is 5.10 Å². The summed E-state index contributed by atoms with van der Waals surface area (Å²) in [5.41, 5.74) is 4.89. The van der Waals surface area contributed by atoms with Crippen molar-refractivity contribution < 1.29 is 13.9 Å². The molecule has 35 heavy (non-hydrogen) atoms. The van der Waals surface area contributed by atoms with Crippen LogP contribution in [0.15, 0.2) is 78.9 Å². The highest BCUT2D eigenvalue weighted by molar-refractivity contribution is 5.94. The van der Waals surface area contributed by atoms with Crippen molar-refractivity contribution in [1.82, 2.24) is 14.7 Å². The Bertz CT molecular complexity index is 1320. The van der Waals surface area contributed by atoms with Crippen LogP contribution in [0.3, 0.4) is 0 Å². The minimum atomic E-state index is -0.308. The molecule has 1 aliphatic rings. The van der Waals surface area contributed by atoms with Gasteiger partial charge in [-0.05, 0) is 79.2 Å². The molecule has 5 rings (SSSR count). The molecule has 178 valence electrons. The second-order valence-corrected chi connectivity index (χ2v) is 8.65. The maximum atomic E-state index is 13.7. The van der Waals surface area contributed by atoms with Gasteiger partial charge in [0.05, 0.1) is 18.5 Å². The predicted octanol–water partition coefficient (Wildman–Crippen LogP) is 4.96. The molecule has 1 fully saturated rings. The molecule has 0 radical (unpaired) electrons. The monoisotopic (exact) mass is 470 g/mol. The van der Waals surface area contributed by atoms with E-state index in [1.54, 1.807) is 30.0 Å². The van der Waals surface area contributed by atoms with Crippen LogP contribution in [0.1, 0.15) is 16.1 Å². The van der Waals surface area contributed by atoms with Gasteiger partial charge in [0.1, 0.15) is 17.3 Å². The van der Waals surface area contributed by atoms with Crippen LogP contribution in [0.5, 0.6) is 5.75 Å². The van der Waals surface area contributed by atoms with E-state index >= 15 is 0 Å². The first-order valence-corrected chi connectivity index (χ1v) is 11.6. The average molecular weight is 471 g/mol. The molecule has 3 aromatic carbocycles. The first kappa shape index (κ1) is 22.7. The second-order valence-electron chi connectivity index (χ2n) is 8.65. The average Bonchev–Trinajstić information content (AvgIpc) is 3.34. The van der Waals surface area contributed by atoms with Crippen molar-refractivity contribution in [1.29, 1.82) is 0 Å². The van der Waals surface area contributed by atoms with Crippen molar-refractivity contribution >= 4 is 11.6 Å². The van der Waals surface area contributed by atoms with Crippen molar-refractivity contribution in [3.05, 3.63) is 95.9 Å². The number of piperazine rings is 1. The fourth-order valence-electron chi connectivity index (χ4n) is 4.37. The number of anilines is 1. The Morgan fingerprint density at radius 1 is 0.886 bits per heavy atom. The molecular formula is C28H27FN4O2. The van der Waals surface area contributed by atoms with E-state index in [0.717, 1.165) is 41.3 Å². The fraction of sp³-hybridized carbons (Fsp3) is 0.214. The Labute approximate surface area is 204 Å². The molecule has 0 N–H and O–H groups in total. The van der Waals surface area contributed by atoms with Gasteiger partial charge in [-0.1, -0.05) is 12.1 Å². The van der Waals surface area contributed by atoms with Gasteiger partial charge in [0.15, 0.2) is 0 Å². The molecule has 0 aliphatic carbocycles. The van der Waals surface area contributed by atoms with Gasteiger partial charge in [-0.3, -0.25) is 4.79 Å². The number of halogens is 1. The number of methoxy groups -OCH3 is 1. The number of hydrogen-bond donors (Lipinski definition) is 0. The summed E-state index contributed by atoms with van der Waals surface area (Å²) in [6.45, 7) is 4.70. The zero-order chi connectivity index (χ0) is 24.4. The lowest BCUT2D eigenvalue weighted by Crippen LogP contribution is -2.49.